The van der Waals surface area contributed by atoms with Crippen molar-refractivity contribution >= 4 is 23.0 Å². The molecule has 162 valence electrons. The molecule has 3 aromatic rings. The second kappa shape index (κ2) is 9.51. The Balaban J connectivity index is 1.14. The summed E-state index contributed by atoms with van der Waals surface area (Å²) in [5.41, 5.74) is 3.76. The Bertz CT molecular complexity index is 1130. The van der Waals surface area contributed by atoms with Crippen LogP contribution in [0.15, 0.2) is 57.7 Å². The maximum atomic E-state index is 12.5. The first-order valence-corrected chi connectivity index (χ1v) is 10.6. The van der Waals surface area contributed by atoms with Gasteiger partial charge in [-0.05, 0) is 36.1 Å². The van der Waals surface area contributed by atoms with Crippen molar-refractivity contribution < 1.29 is 14.0 Å². The van der Waals surface area contributed by atoms with Crippen LogP contribution in [-0.2, 0) is 24.3 Å². The standard InChI is InChI=1S/C23H26N4O4/c28-21(26-14-11-17-6-1-2-7-18(17)16-26)10-5-12-24-22(29)25-13-15-27-19-8-3-4-9-20(19)31-23(27)30/h1-4,6-9H,5,10-16H2,(H2,24,25,29). The summed E-state index contributed by atoms with van der Waals surface area (Å²) in [6, 6.07) is 15.1. The Morgan fingerprint density at radius 2 is 1.71 bits per heavy atom. The highest BCUT2D eigenvalue weighted by molar-refractivity contribution is 5.77. The van der Waals surface area contributed by atoms with E-state index in [4.69, 9.17) is 4.42 Å². The summed E-state index contributed by atoms with van der Waals surface area (Å²) in [6.07, 6.45) is 1.87. The molecule has 2 N–H and O–H groups in total. The van der Waals surface area contributed by atoms with Gasteiger partial charge in [-0.2, -0.15) is 0 Å². The number of rotatable bonds is 7. The summed E-state index contributed by atoms with van der Waals surface area (Å²) >= 11 is 0. The van der Waals surface area contributed by atoms with E-state index in [2.05, 4.69) is 22.8 Å². The quantitative estimate of drug-likeness (QED) is 0.571. The van der Waals surface area contributed by atoms with Crippen LogP contribution in [-0.4, -0.2) is 41.0 Å². The zero-order valence-corrected chi connectivity index (χ0v) is 17.3. The molecular formula is C23H26N4O4. The van der Waals surface area contributed by atoms with Crippen molar-refractivity contribution in [3.05, 3.63) is 70.2 Å². The van der Waals surface area contributed by atoms with Gasteiger partial charge in [0.1, 0.15) is 0 Å². The van der Waals surface area contributed by atoms with Crippen molar-refractivity contribution in [2.75, 3.05) is 19.6 Å². The van der Waals surface area contributed by atoms with Gasteiger partial charge in [-0.25, -0.2) is 9.59 Å². The number of oxazole rings is 1. The average Bonchev–Trinajstić information content (AvgIpc) is 3.11. The third-order valence-electron chi connectivity index (χ3n) is 5.53. The molecule has 0 bridgehead atoms. The molecule has 0 aliphatic carbocycles. The van der Waals surface area contributed by atoms with E-state index in [0.29, 0.717) is 50.1 Å². The number of hydrogen-bond donors (Lipinski definition) is 2. The fourth-order valence-corrected chi connectivity index (χ4v) is 3.88. The lowest BCUT2D eigenvalue weighted by atomic mass is 9.99. The van der Waals surface area contributed by atoms with Crippen molar-refractivity contribution in [2.24, 2.45) is 0 Å². The predicted molar refractivity (Wildman–Crippen MR) is 117 cm³/mol. The van der Waals surface area contributed by atoms with Crippen LogP contribution in [0.5, 0.6) is 0 Å². The first kappa shape index (κ1) is 20.7. The summed E-state index contributed by atoms with van der Waals surface area (Å²) in [7, 11) is 0. The molecule has 0 fully saturated rings. The minimum absolute atomic E-state index is 0.114. The molecule has 0 saturated heterocycles. The van der Waals surface area contributed by atoms with Gasteiger partial charge in [0.15, 0.2) is 5.58 Å². The number of carbonyl (C=O) groups excluding carboxylic acids is 2. The van der Waals surface area contributed by atoms with E-state index in [1.807, 2.05) is 23.1 Å². The minimum Gasteiger partial charge on any atom is -0.408 e. The zero-order valence-electron chi connectivity index (χ0n) is 17.3. The molecule has 8 heteroatoms. The number of fused-ring (bicyclic) bond motifs is 2. The van der Waals surface area contributed by atoms with Crippen molar-refractivity contribution in [3.8, 4) is 0 Å². The molecule has 4 rings (SSSR count). The fraction of sp³-hybridized carbons (Fsp3) is 0.348. The third-order valence-corrected chi connectivity index (χ3v) is 5.53. The van der Waals surface area contributed by atoms with Gasteiger partial charge >= 0.3 is 11.8 Å². The Kier molecular flexibility index (Phi) is 6.35. The van der Waals surface area contributed by atoms with Gasteiger partial charge in [-0.3, -0.25) is 9.36 Å². The summed E-state index contributed by atoms with van der Waals surface area (Å²) in [6.45, 7) is 2.42. The third kappa shape index (κ3) is 4.96. The Morgan fingerprint density at radius 3 is 2.58 bits per heavy atom. The van der Waals surface area contributed by atoms with E-state index in [1.165, 1.54) is 15.7 Å². The normalized spacial score (nSPS) is 13.1. The van der Waals surface area contributed by atoms with Crippen LogP contribution in [0.1, 0.15) is 24.0 Å². The molecule has 0 spiro atoms. The minimum atomic E-state index is -0.442. The second-order valence-electron chi connectivity index (χ2n) is 7.61. The molecule has 31 heavy (non-hydrogen) atoms. The smallest absolute Gasteiger partial charge is 0.408 e. The van der Waals surface area contributed by atoms with Gasteiger partial charge in [-0.15, -0.1) is 0 Å². The lowest BCUT2D eigenvalue weighted by Crippen LogP contribution is -2.39. The van der Waals surface area contributed by atoms with Crippen LogP contribution in [0.4, 0.5) is 4.79 Å². The second-order valence-corrected chi connectivity index (χ2v) is 7.61. The number of para-hydroxylation sites is 2. The zero-order chi connectivity index (χ0) is 21.6. The van der Waals surface area contributed by atoms with Gasteiger partial charge in [0.25, 0.3) is 0 Å². The molecule has 0 saturated carbocycles. The van der Waals surface area contributed by atoms with Crippen molar-refractivity contribution in [3.63, 3.8) is 0 Å². The van der Waals surface area contributed by atoms with Crippen LogP contribution in [0.2, 0.25) is 0 Å². The number of benzene rings is 2. The Hall–Kier alpha value is -3.55. The maximum absolute atomic E-state index is 12.5. The molecule has 0 atom stereocenters. The van der Waals surface area contributed by atoms with E-state index in [0.717, 1.165) is 13.0 Å². The number of nitrogens with zero attached hydrogens (tertiary/aromatic N) is 2. The summed E-state index contributed by atoms with van der Waals surface area (Å²) in [5.74, 6) is -0.329. The lowest BCUT2D eigenvalue weighted by Gasteiger charge is -2.29. The molecule has 1 aromatic heterocycles. The van der Waals surface area contributed by atoms with Crippen molar-refractivity contribution in [2.45, 2.75) is 32.4 Å². The molecule has 8 nitrogen and oxygen atoms in total. The SMILES string of the molecule is O=C(NCCCC(=O)N1CCc2ccccc2C1)NCCn1c(=O)oc2ccccc21. The van der Waals surface area contributed by atoms with Gasteiger partial charge in [0.05, 0.1) is 5.52 Å². The van der Waals surface area contributed by atoms with Gasteiger partial charge in [-0.1, -0.05) is 36.4 Å². The highest BCUT2D eigenvalue weighted by Gasteiger charge is 2.19. The molecule has 3 amide bonds. The number of urea groups is 1. The predicted octanol–water partition coefficient (Wildman–Crippen LogP) is 2.26. The van der Waals surface area contributed by atoms with Crippen LogP contribution in [0, 0.1) is 0 Å². The number of amides is 3. The number of nitrogens with one attached hydrogen (secondary N) is 2. The van der Waals surface area contributed by atoms with Crippen molar-refractivity contribution in [1.29, 1.82) is 0 Å². The topological polar surface area (TPSA) is 96.6 Å². The highest BCUT2D eigenvalue weighted by atomic mass is 16.4. The average molecular weight is 422 g/mol. The molecule has 2 aromatic carbocycles. The van der Waals surface area contributed by atoms with Gasteiger partial charge in [0, 0.05) is 39.1 Å². The summed E-state index contributed by atoms with van der Waals surface area (Å²) in [5, 5.41) is 5.49. The highest BCUT2D eigenvalue weighted by Crippen LogP contribution is 2.19. The molecule has 1 aliphatic heterocycles. The van der Waals surface area contributed by atoms with E-state index in [9.17, 15) is 14.4 Å². The van der Waals surface area contributed by atoms with E-state index in [1.54, 1.807) is 18.2 Å². The van der Waals surface area contributed by atoms with Crippen LogP contribution < -0.4 is 16.4 Å². The van der Waals surface area contributed by atoms with Crippen LogP contribution in [0.25, 0.3) is 11.1 Å². The molecule has 0 unspecified atom stereocenters. The van der Waals surface area contributed by atoms with Crippen LogP contribution in [0.3, 0.4) is 0 Å². The first-order chi connectivity index (χ1) is 15.1. The summed E-state index contributed by atoms with van der Waals surface area (Å²) in [4.78, 5) is 38.2. The largest absolute Gasteiger partial charge is 0.420 e. The maximum Gasteiger partial charge on any atom is 0.420 e. The van der Waals surface area contributed by atoms with E-state index in [-0.39, 0.29) is 11.9 Å². The Labute approximate surface area is 179 Å². The van der Waals surface area contributed by atoms with Gasteiger partial charge in [0.2, 0.25) is 5.91 Å². The molecule has 1 aliphatic rings. The van der Waals surface area contributed by atoms with Gasteiger partial charge < -0.3 is 20.0 Å². The fourth-order valence-electron chi connectivity index (χ4n) is 3.88. The van der Waals surface area contributed by atoms with Crippen molar-refractivity contribution in [1.82, 2.24) is 20.1 Å². The van der Waals surface area contributed by atoms with E-state index < -0.39 is 5.76 Å². The number of carbonyl (C=O) groups is 2. The number of hydrogen-bond acceptors (Lipinski definition) is 4. The molecular weight excluding hydrogens is 396 g/mol. The Morgan fingerprint density at radius 1 is 0.968 bits per heavy atom. The van der Waals surface area contributed by atoms with E-state index >= 15 is 0 Å². The lowest BCUT2D eigenvalue weighted by molar-refractivity contribution is -0.132. The molecule has 0 radical (unpaired) electrons. The monoisotopic (exact) mass is 422 g/mol. The first-order valence-electron chi connectivity index (χ1n) is 10.6. The van der Waals surface area contributed by atoms with Crippen LogP contribution >= 0.6 is 0 Å². The molecule has 2 heterocycles. The summed E-state index contributed by atoms with van der Waals surface area (Å²) < 4.78 is 6.66. The number of aromatic nitrogens is 1.